The number of hydrogen-bond acceptors (Lipinski definition) is 5. The van der Waals surface area contributed by atoms with Gasteiger partial charge in [0, 0.05) is 34.8 Å². The number of aromatic nitrogens is 1. The van der Waals surface area contributed by atoms with Crippen LogP contribution in [-0.4, -0.2) is 33.4 Å². The Labute approximate surface area is 171 Å². The quantitative estimate of drug-likeness (QED) is 0.448. The van der Waals surface area contributed by atoms with Crippen LogP contribution in [0, 0.1) is 6.92 Å². The van der Waals surface area contributed by atoms with Crippen molar-refractivity contribution in [1.29, 1.82) is 0 Å². The van der Waals surface area contributed by atoms with Crippen LogP contribution in [0.25, 0.3) is 10.9 Å². The van der Waals surface area contributed by atoms with Crippen LogP contribution in [0.2, 0.25) is 0 Å². The van der Waals surface area contributed by atoms with E-state index in [0.29, 0.717) is 10.9 Å². The lowest BCUT2D eigenvalue weighted by Crippen LogP contribution is -2.28. The first-order valence-corrected chi connectivity index (χ1v) is 9.97. The number of benzene rings is 2. The maximum Gasteiger partial charge on any atom is 0.240 e. The number of anilines is 1. The fourth-order valence-corrected chi connectivity index (χ4v) is 3.87. The number of aromatic amines is 1. The second-order valence-corrected chi connectivity index (χ2v) is 7.84. The Hall–Kier alpha value is -3.39. The number of carbonyl (C=O) groups excluding carboxylic acids is 2. The van der Waals surface area contributed by atoms with Crippen molar-refractivity contribution in [3.8, 4) is 0 Å². The molecule has 0 radical (unpaired) electrons. The van der Waals surface area contributed by atoms with Crippen molar-refractivity contribution < 1.29 is 9.59 Å². The first-order valence-electron chi connectivity index (χ1n) is 9.10. The lowest BCUT2D eigenvalue weighted by atomic mass is 10.2. The highest BCUT2D eigenvalue weighted by molar-refractivity contribution is 8.15. The van der Waals surface area contributed by atoms with E-state index in [9.17, 15) is 9.59 Å². The zero-order valence-corrected chi connectivity index (χ0v) is 16.5. The topological polar surface area (TPSA) is 98.7 Å². The van der Waals surface area contributed by atoms with Gasteiger partial charge in [-0.15, -0.1) is 5.10 Å². The third kappa shape index (κ3) is 4.55. The number of hydrogen-bond donors (Lipinski definition) is 3. The molecule has 0 aliphatic carbocycles. The number of nitrogens with zero attached hydrogens (tertiary/aromatic N) is 2. The number of amidine groups is 1. The molecule has 2 aromatic carbocycles. The zero-order chi connectivity index (χ0) is 20.2. The molecule has 3 N–H and O–H groups in total. The Morgan fingerprint density at radius 1 is 1.21 bits per heavy atom. The first-order chi connectivity index (χ1) is 14.1. The Balaban J connectivity index is 1.35. The predicted octanol–water partition coefficient (Wildman–Crippen LogP) is 3.43. The van der Waals surface area contributed by atoms with Gasteiger partial charge in [-0.05, 0) is 25.1 Å². The molecule has 7 nitrogen and oxygen atoms in total. The summed E-state index contributed by atoms with van der Waals surface area (Å²) in [6.07, 6.45) is 3.55. The summed E-state index contributed by atoms with van der Waals surface area (Å²) in [5.74, 6) is -0.458. The number of rotatable bonds is 5. The molecule has 1 aliphatic rings. The van der Waals surface area contributed by atoms with Gasteiger partial charge in [0.1, 0.15) is 5.25 Å². The van der Waals surface area contributed by atoms with E-state index >= 15 is 0 Å². The molecule has 0 unspecified atom stereocenters. The Kier molecular flexibility index (Phi) is 5.44. The number of H-pyrrole nitrogens is 1. The largest absolute Gasteiger partial charge is 0.361 e. The first kappa shape index (κ1) is 18.9. The van der Waals surface area contributed by atoms with Crippen LogP contribution in [0.4, 0.5) is 5.69 Å². The monoisotopic (exact) mass is 405 g/mol. The SMILES string of the molecule is Cc1ccc(NC(=O)C[C@@H]2S/C(=N\N=C/c3c[nH]c4ccccc34)NC2=O)cc1. The number of thioether (sulfide) groups is 1. The van der Waals surface area contributed by atoms with Gasteiger partial charge in [-0.25, -0.2) is 0 Å². The van der Waals surface area contributed by atoms with Gasteiger partial charge in [0.2, 0.25) is 11.8 Å². The molecule has 1 aliphatic heterocycles. The fourth-order valence-electron chi connectivity index (χ4n) is 2.95. The predicted molar refractivity (Wildman–Crippen MR) is 117 cm³/mol. The average Bonchev–Trinajstić information content (AvgIpc) is 3.27. The molecular formula is C21H19N5O2S. The highest BCUT2D eigenvalue weighted by atomic mass is 32.2. The van der Waals surface area contributed by atoms with Crippen molar-refractivity contribution in [2.24, 2.45) is 10.2 Å². The Bertz CT molecular complexity index is 1120. The summed E-state index contributed by atoms with van der Waals surface area (Å²) in [7, 11) is 0. The molecule has 1 aromatic heterocycles. The minimum Gasteiger partial charge on any atom is -0.361 e. The Morgan fingerprint density at radius 2 is 2.00 bits per heavy atom. The van der Waals surface area contributed by atoms with E-state index in [1.165, 1.54) is 11.8 Å². The van der Waals surface area contributed by atoms with Crippen molar-refractivity contribution in [3.63, 3.8) is 0 Å². The fraction of sp³-hybridized carbons (Fsp3) is 0.143. The second kappa shape index (κ2) is 8.32. The minimum absolute atomic E-state index is 0.0650. The molecular weight excluding hydrogens is 386 g/mol. The van der Waals surface area contributed by atoms with Crippen molar-refractivity contribution in [1.82, 2.24) is 10.3 Å². The van der Waals surface area contributed by atoms with Gasteiger partial charge < -0.3 is 15.6 Å². The number of fused-ring (bicyclic) bond motifs is 1. The van der Waals surface area contributed by atoms with E-state index in [1.54, 1.807) is 6.21 Å². The summed E-state index contributed by atoms with van der Waals surface area (Å²) >= 11 is 1.21. The van der Waals surface area contributed by atoms with Crippen molar-refractivity contribution >= 4 is 51.5 Å². The third-order valence-corrected chi connectivity index (χ3v) is 5.52. The summed E-state index contributed by atoms with van der Waals surface area (Å²) in [6, 6.07) is 15.4. The van der Waals surface area contributed by atoms with Gasteiger partial charge in [0.25, 0.3) is 0 Å². The average molecular weight is 405 g/mol. The van der Waals surface area contributed by atoms with E-state index in [4.69, 9.17) is 0 Å². The van der Waals surface area contributed by atoms with E-state index in [0.717, 1.165) is 22.0 Å². The molecule has 0 saturated carbocycles. The number of aryl methyl sites for hydroxylation is 1. The van der Waals surface area contributed by atoms with Crippen LogP contribution >= 0.6 is 11.8 Å². The van der Waals surface area contributed by atoms with Gasteiger partial charge in [-0.3, -0.25) is 9.59 Å². The van der Waals surface area contributed by atoms with E-state index in [2.05, 4.69) is 25.8 Å². The van der Waals surface area contributed by atoms with Gasteiger partial charge in [-0.1, -0.05) is 47.7 Å². The summed E-state index contributed by atoms with van der Waals surface area (Å²) in [5.41, 5.74) is 3.75. The van der Waals surface area contributed by atoms with Crippen molar-refractivity contribution in [2.45, 2.75) is 18.6 Å². The van der Waals surface area contributed by atoms with Crippen LogP contribution in [0.1, 0.15) is 17.5 Å². The molecule has 1 fully saturated rings. The summed E-state index contributed by atoms with van der Waals surface area (Å²) in [4.78, 5) is 27.5. The van der Waals surface area contributed by atoms with E-state index in [-0.39, 0.29) is 18.2 Å². The van der Waals surface area contributed by atoms with Crippen molar-refractivity contribution in [2.75, 3.05) is 5.32 Å². The minimum atomic E-state index is -0.525. The maximum atomic E-state index is 12.2. The molecule has 2 heterocycles. The Morgan fingerprint density at radius 3 is 2.83 bits per heavy atom. The number of carbonyl (C=O) groups is 2. The number of amides is 2. The molecule has 3 aromatic rings. The number of nitrogens with one attached hydrogen (secondary N) is 3. The molecule has 4 rings (SSSR count). The molecule has 0 spiro atoms. The van der Waals surface area contributed by atoms with Crippen LogP contribution in [0.15, 0.2) is 64.9 Å². The normalized spacial score (nSPS) is 17.9. The molecule has 8 heteroatoms. The van der Waals surface area contributed by atoms with Gasteiger partial charge >= 0.3 is 0 Å². The van der Waals surface area contributed by atoms with E-state index in [1.807, 2.05) is 61.7 Å². The lowest BCUT2D eigenvalue weighted by molar-refractivity contribution is -0.122. The molecule has 146 valence electrons. The summed E-state index contributed by atoms with van der Waals surface area (Å²) in [5, 5.41) is 14.5. The molecule has 2 amide bonds. The maximum absolute atomic E-state index is 12.2. The highest BCUT2D eigenvalue weighted by Crippen LogP contribution is 2.23. The summed E-state index contributed by atoms with van der Waals surface area (Å²) in [6.45, 7) is 1.98. The van der Waals surface area contributed by atoms with Gasteiger partial charge in [0.05, 0.1) is 6.21 Å². The molecule has 29 heavy (non-hydrogen) atoms. The standard InChI is InChI=1S/C21H19N5O2S/c1-13-6-8-15(9-7-13)24-19(27)10-18-20(28)25-21(29-18)26-23-12-14-11-22-17-5-3-2-4-16(14)17/h2-9,11-12,18,22H,10H2,1H3,(H,24,27)(H,25,26,28)/b23-12-/t18-/m0/s1. The van der Waals surface area contributed by atoms with Gasteiger partial charge in [0.15, 0.2) is 5.17 Å². The molecule has 1 saturated heterocycles. The number of para-hydroxylation sites is 1. The molecule has 0 bridgehead atoms. The van der Waals surface area contributed by atoms with Crippen LogP contribution in [0.5, 0.6) is 0 Å². The third-order valence-electron chi connectivity index (χ3n) is 4.45. The molecule has 1 atom stereocenters. The van der Waals surface area contributed by atoms with Crippen LogP contribution in [-0.2, 0) is 9.59 Å². The van der Waals surface area contributed by atoms with E-state index < -0.39 is 5.25 Å². The van der Waals surface area contributed by atoms with Crippen molar-refractivity contribution in [3.05, 3.63) is 65.9 Å². The lowest BCUT2D eigenvalue weighted by Gasteiger charge is -2.07. The second-order valence-electron chi connectivity index (χ2n) is 6.65. The highest BCUT2D eigenvalue weighted by Gasteiger charge is 2.32. The zero-order valence-electron chi connectivity index (χ0n) is 15.7. The van der Waals surface area contributed by atoms with Crippen LogP contribution < -0.4 is 10.6 Å². The van der Waals surface area contributed by atoms with Crippen LogP contribution in [0.3, 0.4) is 0 Å². The van der Waals surface area contributed by atoms with Gasteiger partial charge in [-0.2, -0.15) is 5.10 Å². The smallest absolute Gasteiger partial charge is 0.240 e. The summed E-state index contributed by atoms with van der Waals surface area (Å²) < 4.78 is 0.